The summed E-state index contributed by atoms with van der Waals surface area (Å²) < 4.78 is 13.7. The van der Waals surface area contributed by atoms with E-state index in [1.165, 1.54) is 23.0 Å². The lowest BCUT2D eigenvalue weighted by Crippen LogP contribution is -2.22. The Morgan fingerprint density at radius 3 is 2.57 bits per heavy atom. The van der Waals surface area contributed by atoms with E-state index in [4.69, 9.17) is 21.1 Å². The zero-order valence-electron chi connectivity index (χ0n) is 20.0. The van der Waals surface area contributed by atoms with Crippen molar-refractivity contribution in [1.82, 2.24) is 9.66 Å². The van der Waals surface area contributed by atoms with Crippen LogP contribution >= 0.6 is 27.5 Å². The summed E-state index contributed by atoms with van der Waals surface area (Å²) >= 11 is 9.92. The molecule has 0 amide bonds. The molecule has 0 aliphatic carbocycles. The molecule has 37 heavy (non-hydrogen) atoms. The van der Waals surface area contributed by atoms with Gasteiger partial charge in [-0.3, -0.25) is 14.9 Å². The molecule has 4 aromatic rings. The van der Waals surface area contributed by atoms with E-state index in [0.717, 1.165) is 10.0 Å². The van der Waals surface area contributed by atoms with E-state index in [1.54, 1.807) is 36.4 Å². The minimum absolute atomic E-state index is 0.0000121. The third-order valence-corrected chi connectivity index (χ3v) is 6.15. The fourth-order valence-electron chi connectivity index (χ4n) is 3.60. The molecular weight excluding hydrogens is 564 g/mol. The van der Waals surface area contributed by atoms with Crippen LogP contribution in [0.25, 0.3) is 10.9 Å². The summed E-state index contributed by atoms with van der Waals surface area (Å²) in [6, 6.07) is 14.8. The van der Waals surface area contributed by atoms with Gasteiger partial charge in [0.25, 0.3) is 11.2 Å². The lowest BCUT2D eigenvalue weighted by molar-refractivity contribution is -0.384. The van der Waals surface area contributed by atoms with Crippen molar-refractivity contribution in [2.24, 2.45) is 5.10 Å². The van der Waals surface area contributed by atoms with Gasteiger partial charge in [-0.2, -0.15) is 9.78 Å². The van der Waals surface area contributed by atoms with Crippen LogP contribution < -0.4 is 15.0 Å². The predicted molar refractivity (Wildman–Crippen MR) is 146 cm³/mol. The van der Waals surface area contributed by atoms with E-state index in [9.17, 15) is 14.9 Å². The van der Waals surface area contributed by atoms with E-state index < -0.39 is 4.92 Å². The molecule has 0 spiro atoms. The Labute approximate surface area is 225 Å². The molecule has 0 saturated carbocycles. The molecule has 0 atom stereocenters. The minimum atomic E-state index is -0.459. The van der Waals surface area contributed by atoms with Crippen LogP contribution in [-0.4, -0.2) is 27.4 Å². The SMILES string of the molecule is CCOc1cc(C=Nn2c(CC)nc3ccc(Br)cc3c2=O)cc(Cl)c1OCc1ccc([N+](=O)[O-])cc1. The topological polar surface area (TPSA) is 109 Å². The van der Waals surface area contributed by atoms with Gasteiger partial charge in [0, 0.05) is 23.0 Å². The second-order valence-electron chi connectivity index (χ2n) is 7.88. The predicted octanol–water partition coefficient (Wildman–Crippen LogP) is 6.14. The lowest BCUT2D eigenvalue weighted by atomic mass is 10.2. The number of halogens is 2. The summed E-state index contributed by atoms with van der Waals surface area (Å²) in [5.74, 6) is 1.26. The van der Waals surface area contributed by atoms with E-state index >= 15 is 0 Å². The summed E-state index contributed by atoms with van der Waals surface area (Å²) in [6.45, 7) is 4.24. The third-order valence-electron chi connectivity index (χ3n) is 5.38. The zero-order valence-corrected chi connectivity index (χ0v) is 22.3. The molecule has 190 valence electrons. The first-order chi connectivity index (χ1) is 17.8. The van der Waals surface area contributed by atoms with E-state index in [-0.39, 0.29) is 22.9 Å². The Morgan fingerprint density at radius 2 is 1.89 bits per heavy atom. The van der Waals surface area contributed by atoms with Gasteiger partial charge in [-0.1, -0.05) is 34.5 Å². The normalized spacial score (nSPS) is 11.2. The fraction of sp³-hybridized carbons (Fsp3) is 0.192. The highest BCUT2D eigenvalue weighted by atomic mass is 79.9. The van der Waals surface area contributed by atoms with Crippen molar-refractivity contribution in [2.45, 2.75) is 26.9 Å². The maximum Gasteiger partial charge on any atom is 0.282 e. The van der Waals surface area contributed by atoms with Crippen molar-refractivity contribution in [3.05, 3.63) is 102 Å². The van der Waals surface area contributed by atoms with Crippen LogP contribution in [-0.2, 0) is 13.0 Å². The van der Waals surface area contributed by atoms with Crippen molar-refractivity contribution in [1.29, 1.82) is 0 Å². The number of hydrogen-bond donors (Lipinski definition) is 0. The Balaban J connectivity index is 1.64. The lowest BCUT2D eigenvalue weighted by Gasteiger charge is -2.14. The monoisotopic (exact) mass is 584 g/mol. The molecule has 3 aromatic carbocycles. The van der Waals surface area contributed by atoms with Crippen molar-refractivity contribution >= 4 is 50.3 Å². The minimum Gasteiger partial charge on any atom is -0.490 e. The van der Waals surface area contributed by atoms with Crippen LogP contribution in [0.2, 0.25) is 5.02 Å². The van der Waals surface area contributed by atoms with Gasteiger partial charge in [-0.15, -0.1) is 0 Å². The summed E-state index contributed by atoms with van der Waals surface area (Å²) in [7, 11) is 0. The highest BCUT2D eigenvalue weighted by Gasteiger charge is 2.14. The molecular formula is C26H22BrClN4O5. The number of benzene rings is 3. The van der Waals surface area contributed by atoms with Crippen molar-refractivity contribution in [3.63, 3.8) is 0 Å². The summed E-state index contributed by atoms with van der Waals surface area (Å²) in [6.07, 6.45) is 2.03. The van der Waals surface area contributed by atoms with Gasteiger partial charge >= 0.3 is 0 Å². The van der Waals surface area contributed by atoms with Crippen LogP contribution in [0.5, 0.6) is 11.5 Å². The van der Waals surface area contributed by atoms with Gasteiger partial charge in [-0.05, 0) is 60.5 Å². The van der Waals surface area contributed by atoms with Gasteiger partial charge in [-0.25, -0.2) is 4.98 Å². The zero-order chi connectivity index (χ0) is 26.5. The molecule has 0 fully saturated rings. The van der Waals surface area contributed by atoms with Crippen LogP contribution in [0.4, 0.5) is 5.69 Å². The molecule has 0 unspecified atom stereocenters. The Kier molecular flexibility index (Phi) is 8.20. The number of aromatic nitrogens is 2. The number of ether oxygens (including phenoxy) is 2. The van der Waals surface area contributed by atoms with E-state index in [1.807, 2.05) is 19.9 Å². The molecule has 0 saturated heterocycles. The summed E-state index contributed by atoms with van der Waals surface area (Å²) in [5, 5.41) is 16.0. The van der Waals surface area contributed by atoms with Gasteiger partial charge in [0.2, 0.25) is 0 Å². The van der Waals surface area contributed by atoms with Gasteiger partial charge in [0.15, 0.2) is 11.5 Å². The van der Waals surface area contributed by atoms with E-state index in [2.05, 4.69) is 26.0 Å². The van der Waals surface area contributed by atoms with Gasteiger partial charge in [0.05, 0.1) is 33.7 Å². The first-order valence-corrected chi connectivity index (χ1v) is 12.6. The highest BCUT2D eigenvalue weighted by molar-refractivity contribution is 9.10. The standard InChI is InChI=1S/C26H22BrClN4O5/c1-3-24-30-22-10-7-18(27)13-20(22)26(33)31(24)29-14-17-11-21(28)25(23(12-17)36-4-2)37-15-16-5-8-19(9-6-16)32(34)35/h5-14H,3-4,15H2,1-2H3. The van der Waals surface area contributed by atoms with E-state index in [0.29, 0.717) is 46.8 Å². The number of non-ortho nitro benzene ring substituents is 1. The number of hydrogen-bond acceptors (Lipinski definition) is 7. The molecule has 0 bridgehead atoms. The number of fused-ring (bicyclic) bond motifs is 1. The van der Waals surface area contributed by atoms with Gasteiger partial charge in [0.1, 0.15) is 12.4 Å². The number of nitro groups is 1. The number of rotatable bonds is 9. The first kappa shape index (κ1) is 26.3. The first-order valence-electron chi connectivity index (χ1n) is 11.4. The second kappa shape index (κ2) is 11.5. The summed E-state index contributed by atoms with van der Waals surface area (Å²) in [5.41, 5.74) is 1.65. The maximum absolute atomic E-state index is 13.1. The second-order valence-corrected chi connectivity index (χ2v) is 9.20. The van der Waals surface area contributed by atoms with Crippen molar-refractivity contribution in [2.75, 3.05) is 6.61 Å². The molecule has 1 aromatic heterocycles. The molecule has 9 nitrogen and oxygen atoms in total. The Morgan fingerprint density at radius 1 is 1.14 bits per heavy atom. The molecule has 0 aliphatic rings. The molecule has 1 heterocycles. The van der Waals surface area contributed by atoms with Crippen molar-refractivity contribution in [3.8, 4) is 11.5 Å². The Hall–Kier alpha value is -3.76. The quantitative estimate of drug-likeness (QED) is 0.133. The molecule has 11 heteroatoms. The average Bonchev–Trinajstić information content (AvgIpc) is 2.88. The highest BCUT2D eigenvalue weighted by Crippen LogP contribution is 2.37. The van der Waals surface area contributed by atoms with Crippen molar-refractivity contribution < 1.29 is 14.4 Å². The molecule has 0 aliphatic heterocycles. The Bertz CT molecular complexity index is 1550. The van der Waals surface area contributed by atoms with Crippen LogP contribution in [0.1, 0.15) is 30.8 Å². The van der Waals surface area contributed by atoms with Crippen LogP contribution in [0.3, 0.4) is 0 Å². The number of nitrogens with zero attached hydrogens (tertiary/aromatic N) is 4. The third kappa shape index (κ3) is 5.98. The smallest absolute Gasteiger partial charge is 0.282 e. The van der Waals surface area contributed by atoms with Crippen LogP contribution in [0.15, 0.2) is 69.0 Å². The maximum atomic E-state index is 13.1. The van der Waals surface area contributed by atoms with Gasteiger partial charge < -0.3 is 9.47 Å². The molecule has 0 N–H and O–H groups in total. The largest absolute Gasteiger partial charge is 0.490 e. The fourth-order valence-corrected chi connectivity index (χ4v) is 4.24. The summed E-state index contributed by atoms with van der Waals surface area (Å²) in [4.78, 5) is 28.1. The number of aryl methyl sites for hydroxylation is 1. The average molecular weight is 586 g/mol. The number of nitro benzene ring substituents is 1. The molecule has 4 rings (SSSR count). The van der Waals surface area contributed by atoms with Crippen LogP contribution in [0, 0.1) is 10.1 Å². The molecule has 0 radical (unpaired) electrons.